The first kappa shape index (κ1) is 18.9. The molecule has 0 aromatic carbocycles. The largest absolute Gasteiger partial charge is 0.376 e. The molecular weight excluding hydrogens is 407 g/mol. The molecule has 0 aliphatic carbocycles. The first-order valence-electron chi connectivity index (χ1n) is 7.05. The van der Waals surface area contributed by atoms with Crippen molar-refractivity contribution in [3.05, 3.63) is 0 Å². The second kappa shape index (κ2) is 8.49. The van der Waals surface area contributed by atoms with E-state index in [1.165, 1.54) is 10.6 Å². The molecule has 3 N–H and O–H groups in total. The highest BCUT2D eigenvalue weighted by Gasteiger charge is 2.28. The molecule has 2 aliphatic heterocycles. The van der Waals surface area contributed by atoms with Crippen LogP contribution in [0.3, 0.4) is 0 Å². The molecule has 9 heteroatoms. The van der Waals surface area contributed by atoms with E-state index in [2.05, 4.69) is 10.3 Å². The third-order valence-corrected chi connectivity index (χ3v) is 5.04. The lowest BCUT2D eigenvalue weighted by Gasteiger charge is -2.13. The maximum Gasteiger partial charge on any atom is 0.211 e. The zero-order valence-corrected chi connectivity index (χ0v) is 15.5. The second-order valence-corrected chi connectivity index (χ2v) is 7.50. The Kier molecular flexibility index (Phi) is 7.65. The molecule has 0 amide bonds. The van der Waals surface area contributed by atoms with Gasteiger partial charge in [-0.1, -0.05) is 0 Å². The minimum Gasteiger partial charge on any atom is -0.376 e. The Morgan fingerprint density at radius 3 is 2.81 bits per heavy atom. The molecular formula is C12H25IN4O3S. The van der Waals surface area contributed by atoms with Crippen LogP contribution in [0.4, 0.5) is 0 Å². The summed E-state index contributed by atoms with van der Waals surface area (Å²) < 4.78 is 29.8. The molecule has 0 radical (unpaired) electrons. The van der Waals surface area contributed by atoms with Crippen molar-refractivity contribution in [3.63, 3.8) is 0 Å². The smallest absolute Gasteiger partial charge is 0.211 e. The molecule has 2 unspecified atom stereocenters. The van der Waals surface area contributed by atoms with Gasteiger partial charge in [0.1, 0.15) is 0 Å². The number of nitrogens with zero attached hydrogens (tertiary/aromatic N) is 2. The Morgan fingerprint density at radius 1 is 1.48 bits per heavy atom. The van der Waals surface area contributed by atoms with Crippen LogP contribution in [-0.4, -0.2) is 63.8 Å². The summed E-state index contributed by atoms with van der Waals surface area (Å²) in [6.07, 6.45) is 4.49. The third kappa shape index (κ3) is 6.25. The Balaban J connectivity index is 0.00000220. The van der Waals surface area contributed by atoms with E-state index >= 15 is 0 Å². The van der Waals surface area contributed by atoms with Crippen molar-refractivity contribution in [3.8, 4) is 0 Å². The van der Waals surface area contributed by atoms with Crippen LogP contribution in [0, 0.1) is 5.92 Å². The molecule has 124 valence electrons. The van der Waals surface area contributed by atoms with Gasteiger partial charge in [-0.15, -0.1) is 24.0 Å². The minimum atomic E-state index is -3.07. The molecule has 0 aromatic rings. The number of nitrogens with one attached hydrogen (secondary N) is 1. The first-order chi connectivity index (χ1) is 9.45. The SMILES string of the molecule is CS(=O)(=O)N1CCC(CN=C(N)NCC2CCCO2)C1.I. The number of halogens is 1. The van der Waals surface area contributed by atoms with Gasteiger partial charge in [0.05, 0.1) is 12.4 Å². The van der Waals surface area contributed by atoms with Gasteiger partial charge in [-0.05, 0) is 25.2 Å². The van der Waals surface area contributed by atoms with E-state index in [-0.39, 0.29) is 36.0 Å². The van der Waals surface area contributed by atoms with Crippen molar-refractivity contribution in [2.75, 3.05) is 39.0 Å². The molecule has 0 spiro atoms. The Bertz CT molecular complexity index is 451. The fraction of sp³-hybridized carbons (Fsp3) is 0.917. The highest BCUT2D eigenvalue weighted by atomic mass is 127. The number of guanidine groups is 1. The third-order valence-electron chi connectivity index (χ3n) is 3.77. The van der Waals surface area contributed by atoms with Crippen LogP contribution in [0.1, 0.15) is 19.3 Å². The highest BCUT2D eigenvalue weighted by molar-refractivity contribution is 14.0. The molecule has 0 aromatic heterocycles. The summed E-state index contributed by atoms with van der Waals surface area (Å²) in [4.78, 5) is 4.29. The van der Waals surface area contributed by atoms with E-state index in [4.69, 9.17) is 10.5 Å². The maximum atomic E-state index is 11.4. The lowest BCUT2D eigenvalue weighted by Crippen LogP contribution is -2.37. The normalized spacial score (nSPS) is 27.6. The van der Waals surface area contributed by atoms with Crippen molar-refractivity contribution in [1.29, 1.82) is 0 Å². The van der Waals surface area contributed by atoms with E-state index in [0.29, 0.717) is 32.1 Å². The number of hydrogen-bond donors (Lipinski definition) is 2. The van der Waals surface area contributed by atoms with Crippen LogP contribution in [0.2, 0.25) is 0 Å². The average molecular weight is 432 g/mol. The molecule has 2 saturated heterocycles. The summed E-state index contributed by atoms with van der Waals surface area (Å²) in [5.41, 5.74) is 5.80. The van der Waals surface area contributed by atoms with Gasteiger partial charge in [0.25, 0.3) is 0 Å². The fourth-order valence-corrected chi connectivity index (χ4v) is 3.47. The Morgan fingerprint density at radius 2 is 2.24 bits per heavy atom. The van der Waals surface area contributed by atoms with Crippen LogP contribution >= 0.6 is 24.0 Å². The molecule has 2 atom stereocenters. The van der Waals surface area contributed by atoms with E-state index < -0.39 is 10.0 Å². The van der Waals surface area contributed by atoms with Crippen molar-refractivity contribution >= 4 is 40.0 Å². The number of sulfonamides is 1. The van der Waals surface area contributed by atoms with Crippen LogP contribution in [0.15, 0.2) is 4.99 Å². The summed E-state index contributed by atoms with van der Waals surface area (Å²) in [7, 11) is -3.07. The number of hydrogen-bond acceptors (Lipinski definition) is 4. The molecule has 2 fully saturated rings. The van der Waals surface area contributed by atoms with Crippen molar-refractivity contribution in [2.45, 2.75) is 25.4 Å². The monoisotopic (exact) mass is 432 g/mol. The highest BCUT2D eigenvalue weighted by Crippen LogP contribution is 2.18. The average Bonchev–Trinajstić information content (AvgIpc) is 3.04. The molecule has 21 heavy (non-hydrogen) atoms. The van der Waals surface area contributed by atoms with Gasteiger partial charge in [-0.25, -0.2) is 12.7 Å². The first-order valence-corrected chi connectivity index (χ1v) is 8.90. The molecule has 2 rings (SSSR count). The van der Waals surface area contributed by atoms with Crippen LogP contribution < -0.4 is 11.1 Å². The lowest BCUT2D eigenvalue weighted by molar-refractivity contribution is 0.114. The van der Waals surface area contributed by atoms with E-state index in [9.17, 15) is 8.42 Å². The van der Waals surface area contributed by atoms with E-state index in [0.717, 1.165) is 25.9 Å². The summed E-state index contributed by atoms with van der Waals surface area (Å²) in [5.74, 6) is 0.672. The minimum absolute atomic E-state index is 0. The van der Waals surface area contributed by atoms with Gasteiger partial charge >= 0.3 is 0 Å². The van der Waals surface area contributed by atoms with Crippen LogP contribution in [0.5, 0.6) is 0 Å². The maximum absolute atomic E-state index is 11.4. The molecule has 0 saturated carbocycles. The second-order valence-electron chi connectivity index (χ2n) is 5.52. The number of aliphatic imine (C=N–C) groups is 1. The molecule has 2 aliphatic rings. The number of nitrogens with two attached hydrogens (primary N) is 1. The Labute approximate surface area is 143 Å². The predicted molar refractivity (Wildman–Crippen MR) is 93.4 cm³/mol. The van der Waals surface area contributed by atoms with Crippen molar-refractivity contribution < 1.29 is 13.2 Å². The number of ether oxygens (including phenoxy) is 1. The molecule has 7 nitrogen and oxygen atoms in total. The topological polar surface area (TPSA) is 97.0 Å². The summed E-state index contributed by atoms with van der Waals surface area (Å²) in [5, 5.41) is 3.06. The predicted octanol–water partition coefficient (Wildman–Crippen LogP) is -0.0308. The van der Waals surface area contributed by atoms with Crippen molar-refractivity contribution in [1.82, 2.24) is 9.62 Å². The van der Waals surface area contributed by atoms with Gasteiger partial charge in [0, 0.05) is 32.8 Å². The quantitative estimate of drug-likeness (QED) is 0.361. The standard InChI is InChI=1S/C12H24N4O3S.HI/c1-20(17,18)16-5-4-10(9-16)7-14-12(13)15-8-11-3-2-6-19-11;/h10-11H,2-9H2,1H3,(H3,13,14,15);1H. The zero-order valence-electron chi connectivity index (χ0n) is 12.3. The zero-order chi connectivity index (χ0) is 14.6. The van der Waals surface area contributed by atoms with Crippen LogP contribution in [-0.2, 0) is 14.8 Å². The summed E-state index contributed by atoms with van der Waals surface area (Å²) >= 11 is 0. The lowest BCUT2D eigenvalue weighted by atomic mass is 10.1. The van der Waals surface area contributed by atoms with E-state index in [1.807, 2.05) is 0 Å². The van der Waals surface area contributed by atoms with E-state index in [1.54, 1.807) is 0 Å². The molecule has 0 bridgehead atoms. The Hall–Kier alpha value is -0.130. The van der Waals surface area contributed by atoms with Gasteiger partial charge in [-0.3, -0.25) is 4.99 Å². The van der Waals surface area contributed by atoms with Gasteiger partial charge in [-0.2, -0.15) is 0 Å². The van der Waals surface area contributed by atoms with Gasteiger partial charge < -0.3 is 15.8 Å². The summed E-state index contributed by atoms with van der Waals surface area (Å²) in [6, 6.07) is 0. The van der Waals surface area contributed by atoms with Crippen molar-refractivity contribution in [2.24, 2.45) is 16.6 Å². The fourth-order valence-electron chi connectivity index (χ4n) is 2.55. The van der Waals surface area contributed by atoms with Gasteiger partial charge in [0.15, 0.2) is 5.96 Å². The van der Waals surface area contributed by atoms with Crippen LogP contribution in [0.25, 0.3) is 0 Å². The molecule has 2 heterocycles. The number of rotatable bonds is 5. The van der Waals surface area contributed by atoms with Gasteiger partial charge in [0.2, 0.25) is 10.0 Å². The summed E-state index contributed by atoms with van der Waals surface area (Å²) in [6.45, 7) is 3.21.